The largest absolute Gasteiger partial charge is 0.396 e. The van der Waals surface area contributed by atoms with Gasteiger partial charge in [0.1, 0.15) is 0 Å². The summed E-state index contributed by atoms with van der Waals surface area (Å²) in [6.07, 6.45) is 4.40. The lowest BCUT2D eigenvalue weighted by atomic mass is 10.00. The van der Waals surface area contributed by atoms with Gasteiger partial charge in [-0.3, -0.25) is 14.5 Å². The highest BCUT2D eigenvalue weighted by molar-refractivity contribution is 6.05. The van der Waals surface area contributed by atoms with E-state index in [9.17, 15) is 9.59 Å². The fourth-order valence-electron chi connectivity index (χ4n) is 3.58. The van der Waals surface area contributed by atoms with Crippen LogP contribution in [0.25, 0.3) is 0 Å². The molecule has 0 aromatic carbocycles. The van der Waals surface area contributed by atoms with Crippen LogP contribution in [-0.4, -0.2) is 35.0 Å². The number of hydrogen-bond acceptors (Lipinski definition) is 3. The molecule has 0 aromatic rings. The van der Waals surface area contributed by atoms with Gasteiger partial charge in [0, 0.05) is 13.2 Å². The lowest BCUT2D eigenvalue weighted by Gasteiger charge is -2.22. The summed E-state index contributed by atoms with van der Waals surface area (Å²) in [5, 5.41) is 9.01. The number of imide groups is 1. The first-order valence-electron chi connectivity index (χ1n) is 7.58. The molecule has 1 saturated heterocycles. The Kier molecular flexibility index (Phi) is 4.61. The van der Waals surface area contributed by atoms with E-state index in [4.69, 9.17) is 5.11 Å². The van der Waals surface area contributed by atoms with Crippen LogP contribution in [0, 0.1) is 23.7 Å². The molecule has 0 radical (unpaired) electrons. The van der Waals surface area contributed by atoms with Crippen molar-refractivity contribution < 1.29 is 14.7 Å². The molecule has 1 saturated carbocycles. The summed E-state index contributed by atoms with van der Waals surface area (Å²) in [4.78, 5) is 26.2. The molecule has 1 N–H and O–H groups in total. The minimum Gasteiger partial charge on any atom is -0.396 e. The number of amides is 2. The Labute approximate surface area is 115 Å². The van der Waals surface area contributed by atoms with E-state index < -0.39 is 0 Å². The third-order valence-corrected chi connectivity index (χ3v) is 4.96. The van der Waals surface area contributed by atoms with Gasteiger partial charge in [-0.1, -0.05) is 26.7 Å². The number of aliphatic hydroxyl groups excluding tert-OH is 1. The molecule has 2 rings (SSSR count). The molecule has 3 unspecified atom stereocenters. The smallest absolute Gasteiger partial charge is 0.233 e. The summed E-state index contributed by atoms with van der Waals surface area (Å²) < 4.78 is 0. The fourth-order valence-corrected chi connectivity index (χ4v) is 3.58. The van der Waals surface area contributed by atoms with Crippen molar-refractivity contribution in [2.24, 2.45) is 23.7 Å². The lowest BCUT2D eigenvalue weighted by Crippen LogP contribution is -2.36. The van der Waals surface area contributed by atoms with Gasteiger partial charge in [0.2, 0.25) is 11.8 Å². The second-order valence-electron chi connectivity index (χ2n) is 6.03. The SMILES string of the molecule is CCC1CC2C(=O)N(CC(CC)CCO)C(=O)C2C1. The van der Waals surface area contributed by atoms with Gasteiger partial charge < -0.3 is 5.11 Å². The molecule has 3 atom stereocenters. The first-order valence-corrected chi connectivity index (χ1v) is 7.58. The van der Waals surface area contributed by atoms with E-state index >= 15 is 0 Å². The first-order chi connectivity index (χ1) is 9.12. The molecule has 2 amide bonds. The zero-order valence-electron chi connectivity index (χ0n) is 12.0. The van der Waals surface area contributed by atoms with E-state index in [1.165, 1.54) is 4.90 Å². The minimum atomic E-state index is -0.0518. The predicted octanol–water partition coefficient (Wildman–Crippen LogP) is 1.82. The summed E-state index contributed by atoms with van der Waals surface area (Å²) in [6, 6.07) is 0. The van der Waals surface area contributed by atoms with Crippen molar-refractivity contribution in [1.82, 2.24) is 4.90 Å². The van der Waals surface area contributed by atoms with Crippen molar-refractivity contribution in [2.45, 2.75) is 46.0 Å². The van der Waals surface area contributed by atoms with Gasteiger partial charge in [-0.15, -0.1) is 0 Å². The highest BCUT2D eigenvalue weighted by Crippen LogP contribution is 2.44. The molecule has 108 valence electrons. The Morgan fingerprint density at radius 2 is 1.79 bits per heavy atom. The van der Waals surface area contributed by atoms with Crippen LogP contribution in [0.2, 0.25) is 0 Å². The molecule has 0 bridgehead atoms. The average molecular weight is 267 g/mol. The van der Waals surface area contributed by atoms with Crippen LogP contribution in [-0.2, 0) is 9.59 Å². The van der Waals surface area contributed by atoms with Crippen molar-refractivity contribution >= 4 is 11.8 Å². The maximum absolute atomic E-state index is 12.4. The molecule has 4 heteroatoms. The number of rotatable bonds is 6. The quantitative estimate of drug-likeness (QED) is 0.747. The van der Waals surface area contributed by atoms with Crippen molar-refractivity contribution in [3.05, 3.63) is 0 Å². The van der Waals surface area contributed by atoms with Crippen molar-refractivity contribution in [3.63, 3.8) is 0 Å². The number of fused-ring (bicyclic) bond motifs is 1. The number of aliphatic hydroxyl groups is 1. The number of hydrogen-bond donors (Lipinski definition) is 1. The van der Waals surface area contributed by atoms with Gasteiger partial charge in [0.05, 0.1) is 11.8 Å². The van der Waals surface area contributed by atoms with E-state index in [2.05, 4.69) is 6.92 Å². The van der Waals surface area contributed by atoms with Gasteiger partial charge in [-0.25, -0.2) is 0 Å². The van der Waals surface area contributed by atoms with E-state index in [0.717, 1.165) is 25.7 Å². The molecular weight excluding hydrogens is 242 g/mol. The normalized spacial score (nSPS) is 31.9. The van der Waals surface area contributed by atoms with Crippen LogP contribution in [0.15, 0.2) is 0 Å². The predicted molar refractivity (Wildman–Crippen MR) is 72.2 cm³/mol. The van der Waals surface area contributed by atoms with Gasteiger partial charge >= 0.3 is 0 Å². The van der Waals surface area contributed by atoms with E-state index in [-0.39, 0.29) is 36.2 Å². The Morgan fingerprint density at radius 1 is 1.21 bits per heavy atom. The van der Waals surface area contributed by atoms with Gasteiger partial charge in [0.15, 0.2) is 0 Å². The molecule has 1 aliphatic carbocycles. The van der Waals surface area contributed by atoms with Gasteiger partial charge in [-0.05, 0) is 31.1 Å². The average Bonchev–Trinajstić information content (AvgIpc) is 2.93. The second kappa shape index (κ2) is 6.04. The minimum absolute atomic E-state index is 0.0438. The first kappa shape index (κ1) is 14.5. The van der Waals surface area contributed by atoms with Crippen LogP contribution in [0.4, 0.5) is 0 Å². The molecule has 2 fully saturated rings. The zero-order chi connectivity index (χ0) is 14.0. The summed E-state index contributed by atoms with van der Waals surface area (Å²) in [5.74, 6) is 0.765. The monoisotopic (exact) mass is 267 g/mol. The number of likely N-dealkylation sites (tertiary alicyclic amines) is 1. The summed E-state index contributed by atoms with van der Waals surface area (Å²) in [5.41, 5.74) is 0. The standard InChI is InChI=1S/C15H25NO3/c1-3-10(5-6-17)9-16-14(18)12-7-11(4-2)8-13(12)15(16)19/h10-13,17H,3-9H2,1-2H3. The zero-order valence-corrected chi connectivity index (χ0v) is 12.0. The Bertz CT molecular complexity index is 331. The Hall–Kier alpha value is -0.900. The van der Waals surface area contributed by atoms with Crippen molar-refractivity contribution in [3.8, 4) is 0 Å². The molecule has 0 aromatic heterocycles. The van der Waals surface area contributed by atoms with Gasteiger partial charge in [-0.2, -0.15) is 0 Å². The fraction of sp³-hybridized carbons (Fsp3) is 0.867. The Morgan fingerprint density at radius 3 is 2.21 bits per heavy atom. The summed E-state index contributed by atoms with van der Waals surface area (Å²) >= 11 is 0. The maximum atomic E-state index is 12.4. The van der Waals surface area contributed by atoms with Crippen LogP contribution < -0.4 is 0 Å². The van der Waals surface area contributed by atoms with Crippen LogP contribution in [0.1, 0.15) is 46.0 Å². The summed E-state index contributed by atoms with van der Waals surface area (Å²) in [6.45, 7) is 4.80. The molecule has 0 spiro atoms. The molecule has 2 aliphatic rings. The lowest BCUT2D eigenvalue weighted by molar-refractivity contribution is -0.141. The third kappa shape index (κ3) is 2.69. The van der Waals surface area contributed by atoms with Crippen molar-refractivity contribution in [2.75, 3.05) is 13.2 Å². The maximum Gasteiger partial charge on any atom is 0.233 e. The highest BCUT2D eigenvalue weighted by Gasteiger charge is 2.52. The molecule has 1 heterocycles. The number of nitrogens with zero attached hydrogens (tertiary/aromatic N) is 1. The van der Waals surface area contributed by atoms with E-state index in [0.29, 0.717) is 18.9 Å². The topological polar surface area (TPSA) is 57.6 Å². The highest BCUT2D eigenvalue weighted by atomic mass is 16.3. The third-order valence-electron chi connectivity index (χ3n) is 4.96. The van der Waals surface area contributed by atoms with Crippen LogP contribution in [0.3, 0.4) is 0 Å². The Balaban J connectivity index is 2.02. The molecular formula is C15H25NO3. The molecule has 19 heavy (non-hydrogen) atoms. The van der Waals surface area contributed by atoms with Crippen molar-refractivity contribution in [1.29, 1.82) is 0 Å². The van der Waals surface area contributed by atoms with Crippen LogP contribution in [0.5, 0.6) is 0 Å². The van der Waals surface area contributed by atoms with Gasteiger partial charge in [0.25, 0.3) is 0 Å². The summed E-state index contributed by atoms with van der Waals surface area (Å²) in [7, 11) is 0. The van der Waals surface area contributed by atoms with Crippen LogP contribution >= 0.6 is 0 Å². The van der Waals surface area contributed by atoms with E-state index in [1.807, 2.05) is 6.92 Å². The number of carbonyl (C=O) groups excluding carboxylic acids is 2. The molecule has 4 nitrogen and oxygen atoms in total. The molecule has 1 aliphatic heterocycles. The second-order valence-corrected chi connectivity index (χ2v) is 6.03. The van der Waals surface area contributed by atoms with E-state index in [1.54, 1.807) is 0 Å². The number of carbonyl (C=O) groups is 2.